The van der Waals surface area contributed by atoms with E-state index in [1.165, 1.54) is 12.1 Å². The second kappa shape index (κ2) is 6.04. The van der Waals surface area contributed by atoms with E-state index in [2.05, 4.69) is 25.9 Å². The number of hydrogen-bond acceptors (Lipinski definition) is 5. The number of nitrogens with one attached hydrogen (secondary N) is 1. The Morgan fingerprint density at radius 3 is 2.52 bits per heavy atom. The molecule has 0 radical (unpaired) electrons. The Bertz CT molecular complexity index is 668. The van der Waals surface area contributed by atoms with Crippen molar-refractivity contribution in [1.82, 2.24) is 9.97 Å². The van der Waals surface area contributed by atoms with Gasteiger partial charge >= 0.3 is 6.18 Å². The van der Waals surface area contributed by atoms with Gasteiger partial charge in [0.2, 0.25) is 11.7 Å². The van der Waals surface area contributed by atoms with Gasteiger partial charge in [-0.15, -0.1) is 0 Å². The molecule has 1 aromatic carbocycles. The zero-order chi connectivity index (χ0) is 15.6. The summed E-state index contributed by atoms with van der Waals surface area (Å²) in [6, 6.07) is 5.75. The maximum absolute atomic E-state index is 12.7. The van der Waals surface area contributed by atoms with Gasteiger partial charge in [0.1, 0.15) is 11.6 Å². The number of halogens is 5. The van der Waals surface area contributed by atoms with Crippen molar-refractivity contribution in [1.29, 1.82) is 0 Å². The first-order valence-electron chi connectivity index (χ1n) is 5.35. The summed E-state index contributed by atoms with van der Waals surface area (Å²) in [5.41, 5.74) is 2.02. The number of nitrogen functional groups attached to an aromatic ring is 1. The Balaban J connectivity index is 2.39. The quantitative estimate of drug-likeness (QED) is 0.619. The average Bonchev–Trinajstić information content (AvgIpc) is 2.40. The summed E-state index contributed by atoms with van der Waals surface area (Å²) in [6.45, 7) is 0. The number of alkyl halides is 3. The normalized spacial score (nSPS) is 11.3. The molecular weight excluding hydrogens is 376 g/mol. The van der Waals surface area contributed by atoms with Gasteiger partial charge in [-0.3, -0.25) is 0 Å². The molecule has 1 heterocycles. The van der Waals surface area contributed by atoms with Crippen molar-refractivity contribution in [2.45, 2.75) is 6.18 Å². The van der Waals surface area contributed by atoms with Crippen molar-refractivity contribution >= 4 is 33.3 Å². The number of anilines is 1. The summed E-state index contributed by atoms with van der Waals surface area (Å²) < 4.78 is 44.0. The van der Waals surface area contributed by atoms with Gasteiger partial charge < -0.3 is 10.2 Å². The molecule has 0 saturated carbocycles. The van der Waals surface area contributed by atoms with Crippen molar-refractivity contribution < 1.29 is 17.9 Å². The Hall–Kier alpha value is -1.58. The van der Waals surface area contributed by atoms with E-state index < -0.39 is 12.0 Å². The molecule has 0 spiro atoms. The standard InChI is InChI=1S/C11H7BrClF3N4O/c12-5-1-2-7(6(13)3-5)21-9-4-8(20-17)18-10(19-9)11(14,15)16/h1-4H,17H2,(H,18,19,20). The van der Waals surface area contributed by atoms with Crippen LogP contribution < -0.4 is 16.0 Å². The Morgan fingerprint density at radius 1 is 1.24 bits per heavy atom. The lowest BCUT2D eigenvalue weighted by molar-refractivity contribution is -0.145. The number of nitrogens with zero attached hydrogens (tertiary/aromatic N) is 2. The topological polar surface area (TPSA) is 73.1 Å². The van der Waals surface area contributed by atoms with E-state index in [1.807, 2.05) is 5.43 Å². The molecule has 0 saturated heterocycles. The van der Waals surface area contributed by atoms with Crippen molar-refractivity contribution in [2.24, 2.45) is 5.84 Å². The predicted molar refractivity (Wildman–Crippen MR) is 74.1 cm³/mol. The molecule has 0 atom stereocenters. The molecule has 2 rings (SSSR count). The van der Waals surface area contributed by atoms with Gasteiger partial charge in [0.25, 0.3) is 0 Å². The van der Waals surface area contributed by atoms with Gasteiger partial charge in [0.15, 0.2) is 0 Å². The first kappa shape index (κ1) is 15.8. The van der Waals surface area contributed by atoms with E-state index in [9.17, 15) is 13.2 Å². The first-order valence-corrected chi connectivity index (χ1v) is 6.52. The number of ether oxygens (including phenoxy) is 1. The summed E-state index contributed by atoms with van der Waals surface area (Å²) in [4.78, 5) is 6.50. The molecule has 0 aliphatic rings. The number of nitrogens with two attached hydrogens (primary N) is 1. The molecule has 2 aromatic rings. The highest BCUT2D eigenvalue weighted by Gasteiger charge is 2.35. The number of hydrogen-bond donors (Lipinski definition) is 2. The molecule has 5 nitrogen and oxygen atoms in total. The minimum Gasteiger partial charge on any atom is -0.437 e. The summed E-state index contributed by atoms with van der Waals surface area (Å²) in [6.07, 6.45) is -4.73. The number of benzene rings is 1. The SMILES string of the molecule is NNc1cc(Oc2ccc(Br)cc2Cl)nc(C(F)(F)F)n1. The molecule has 1 aromatic heterocycles. The van der Waals surface area contributed by atoms with Crippen molar-refractivity contribution in [3.05, 3.63) is 39.6 Å². The summed E-state index contributed by atoms with van der Waals surface area (Å²) >= 11 is 9.12. The lowest BCUT2D eigenvalue weighted by Gasteiger charge is -2.11. The second-order valence-electron chi connectivity index (χ2n) is 3.73. The van der Waals surface area contributed by atoms with E-state index in [-0.39, 0.29) is 22.5 Å². The van der Waals surface area contributed by atoms with Crippen molar-refractivity contribution in [2.75, 3.05) is 5.43 Å². The zero-order valence-electron chi connectivity index (χ0n) is 10.1. The Kier molecular flexibility index (Phi) is 4.55. The lowest BCUT2D eigenvalue weighted by atomic mass is 10.3. The minimum atomic E-state index is -4.73. The third kappa shape index (κ3) is 3.96. The van der Waals surface area contributed by atoms with E-state index in [0.717, 1.165) is 6.07 Å². The van der Waals surface area contributed by atoms with Crippen LogP contribution in [0.4, 0.5) is 19.0 Å². The Morgan fingerprint density at radius 2 is 1.95 bits per heavy atom. The molecule has 10 heteroatoms. The van der Waals surface area contributed by atoms with Gasteiger partial charge in [0, 0.05) is 10.5 Å². The average molecular weight is 384 g/mol. The van der Waals surface area contributed by atoms with E-state index in [4.69, 9.17) is 22.2 Å². The summed E-state index contributed by atoms with van der Waals surface area (Å²) in [5.74, 6) is 3.28. The maximum Gasteiger partial charge on any atom is 0.451 e. The first-order chi connectivity index (χ1) is 9.79. The molecule has 0 aliphatic carbocycles. The predicted octanol–water partition coefficient (Wildman–Crippen LogP) is 3.99. The number of rotatable bonds is 3. The van der Waals surface area contributed by atoms with Crippen LogP contribution >= 0.6 is 27.5 Å². The monoisotopic (exact) mass is 382 g/mol. The van der Waals surface area contributed by atoms with Crippen LogP contribution in [0.3, 0.4) is 0 Å². The third-order valence-corrected chi connectivity index (χ3v) is 3.00. The van der Waals surface area contributed by atoms with Crippen molar-refractivity contribution in [3.63, 3.8) is 0 Å². The Labute approximate surface area is 130 Å². The largest absolute Gasteiger partial charge is 0.451 e. The van der Waals surface area contributed by atoms with Crippen LogP contribution in [0.25, 0.3) is 0 Å². The molecule has 112 valence electrons. The highest BCUT2D eigenvalue weighted by Crippen LogP contribution is 2.33. The van der Waals surface area contributed by atoms with Crippen LogP contribution in [-0.2, 0) is 6.18 Å². The van der Waals surface area contributed by atoms with Crippen LogP contribution in [-0.4, -0.2) is 9.97 Å². The molecule has 21 heavy (non-hydrogen) atoms. The minimum absolute atomic E-state index is 0.148. The summed E-state index contributed by atoms with van der Waals surface area (Å²) in [5, 5.41) is 0.207. The zero-order valence-corrected chi connectivity index (χ0v) is 12.4. The van der Waals surface area contributed by atoms with Gasteiger partial charge in [-0.25, -0.2) is 10.8 Å². The molecule has 3 N–H and O–H groups in total. The number of aromatic nitrogens is 2. The van der Waals surface area contributed by atoms with Crippen LogP contribution in [0.15, 0.2) is 28.7 Å². The fourth-order valence-corrected chi connectivity index (χ4v) is 2.06. The van der Waals surface area contributed by atoms with Crippen LogP contribution in [0.1, 0.15) is 5.82 Å². The van der Waals surface area contributed by atoms with E-state index >= 15 is 0 Å². The molecule has 0 unspecified atom stereocenters. The third-order valence-electron chi connectivity index (χ3n) is 2.21. The number of hydrazine groups is 1. The molecular formula is C11H7BrClF3N4O. The smallest absolute Gasteiger partial charge is 0.437 e. The molecule has 0 bridgehead atoms. The van der Waals surface area contributed by atoms with Crippen LogP contribution in [0.5, 0.6) is 11.6 Å². The second-order valence-corrected chi connectivity index (χ2v) is 5.06. The maximum atomic E-state index is 12.7. The lowest BCUT2D eigenvalue weighted by Crippen LogP contribution is -2.16. The van der Waals surface area contributed by atoms with E-state index in [1.54, 1.807) is 6.07 Å². The molecule has 0 amide bonds. The van der Waals surface area contributed by atoms with Gasteiger partial charge in [0.05, 0.1) is 5.02 Å². The van der Waals surface area contributed by atoms with Crippen LogP contribution in [0, 0.1) is 0 Å². The molecule has 0 aliphatic heterocycles. The van der Waals surface area contributed by atoms with Crippen LogP contribution in [0.2, 0.25) is 5.02 Å². The highest BCUT2D eigenvalue weighted by molar-refractivity contribution is 9.10. The van der Waals surface area contributed by atoms with Gasteiger partial charge in [-0.05, 0) is 18.2 Å². The highest BCUT2D eigenvalue weighted by atomic mass is 79.9. The van der Waals surface area contributed by atoms with Gasteiger partial charge in [-0.2, -0.15) is 18.2 Å². The molecule has 0 fully saturated rings. The van der Waals surface area contributed by atoms with Crippen molar-refractivity contribution in [3.8, 4) is 11.6 Å². The fraction of sp³-hybridized carbons (Fsp3) is 0.0909. The van der Waals surface area contributed by atoms with E-state index in [0.29, 0.717) is 4.47 Å². The van der Waals surface area contributed by atoms with Gasteiger partial charge in [-0.1, -0.05) is 27.5 Å². The fourth-order valence-electron chi connectivity index (χ4n) is 1.35. The summed E-state index contributed by atoms with van der Waals surface area (Å²) in [7, 11) is 0.